The van der Waals surface area contributed by atoms with E-state index in [4.69, 9.17) is 0 Å². The summed E-state index contributed by atoms with van der Waals surface area (Å²) in [6.07, 6.45) is 23.8. The van der Waals surface area contributed by atoms with Gasteiger partial charge in [0, 0.05) is 24.3 Å². The molecule has 0 atom stereocenters. The van der Waals surface area contributed by atoms with Gasteiger partial charge in [0.1, 0.15) is 0 Å². The lowest BCUT2D eigenvalue weighted by Crippen LogP contribution is -2.08. The molecule has 1 nitrogen and oxygen atoms in total. The van der Waals surface area contributed by atoms with Crippen LogP contribution in [0.1, 0.15) is 13.8 Å². The van der Waals surface area contributed by atoms with Crippen molar-refractivity contribution in [3.8, 4) is 0 Å². The summed E-state index contributed by atoms with van der Waals surface area (Å²) in [5, 5.41) is 0. The zero-order chi connectivity index (χ0) is 13.9. The molecule has 1 aliphatic carbocycles. The van der Waals surface area contributed by atoms with Crippen LogP contribution in [0.3, 0.4) is 0 Å². The first kappa shape index (κ1) is 14.7. The molecule has 0 spiro atoms. The summed E-state index contributed by atoms with van der Waals surface area (Å²) in [4.78, 5) is 0. The highest BCUT2D eigenvalue weighted by molar-refractivity contribution is 5.68. The summed E-state index contributed by atoms with van der Waals surface area (Å²) >= 11 is 0. The number of hydrogen-bond acceptors (Lipinski definition) is 0. The van der Waals surface area contributed by atoms with E-state index in [9.17, 15) is 0 Å². The van der Waals surface area contributed by atoms with Crippen LogP contribution in [0.2, 0.25) is 0 Å². The van der Waals surface area contributed by atoms with Crippen molar-refractivity contribution in [2.75, 3.05) is 0 Å². The molecule has 1 rings (SSSR count). The molecule has 0 aliphatic heterocycles. The maximum absolute atomic E-state index is 3.77. The molecular formula is C18H20N+. The lowest BCUT2D eigenvalue weighted by Gasteiger charge is -2.00. The second-order valence-electron chi connectivity index (χ2n) is 3.83. The minimum atomic E-state index is 1.06. The van der Waals surface area contributed by atoms with Gasteiger partial charge in [0.25, 0.3) is 0 Å². The largest absolute Gasteiger partial charge is 0.219 e. The molecule has 0 fully saturated rings. The van der Waals surface area contributed by atoms with E-state index in [1.54, 1.807) is 6.08 Å². The average Bonchev–Trinajstić information content (AvgIpc) is 2.93. The molecule has 0 aromatic rings. The normalized spacial score (nSPS) is 16.2. The molecule has 0 radical (unpaired) electrons. The van der Waals surface area contributed by atoms with Crippen LogP contribution in [0.4, 0.5) is 0 Å². The summed E-state index contributed by atoms with van der Waals surface area (Å²) in [5.74, 6) is 0. The van der Waals surface area contributed by atoms with Crippen LogP contribution in [-0.4, -0.2) is 10.8 Å². The Morgan fingerprint density at radius 3 is 2.63 bits per heavy atom. The van der Waals surface area contributed by atoms with Crippen molar-refractivity contribution in [3.05, 3.63) is 90.5 Å². The van der Waals surface area contributed by atoms with Gasteiger partial charge in [-0.05, 0) is 19.9 Å². The molecule has 0 aromatic carbocycles. The molecule has 1 aliphatic rings. The van der Waals surface area contributed by atoms with E-state index in [0.717, 1.165) is 11.4 Å². The highest BCUT2D eigenvalue weighted by Crippen LogP contribution is 2.12. The van der Waals surface area contributed by atoms with Crippen molar-refractivity contribution in [2.24, 2.45) is 0 Å². The summed E-state index contributed by atoms with van der Waals surface area (Å²) in [5.41, 5.74) is 5.21. The van der Waals surface area contributed by atoms with Gasteiger partial charge in [0.05, 0.1) is 6.08 Å². The second-order valence-corrected chi connectivity index (χ2v) is 3.83. The van der Waals surface area contributed by atoms with Crippen LogP contribution in [-0.2, 0) is 0 Å². The zero-order valence-corrected chi connectivity index (χ0v) is 11.6. The highest BCUT2D eigenvalue weighted by atomic mass is 15.0. The summed E-state index contributed by atoms with van der Waals surface area (Å²) < 4.78 is 2.10. The minimum absolute atomic E-state index is 1.06. The first-order valence-corrected chi connectivity index (χ1v) is 6.33. The number of allylic oxidation sites excluding steroid dienone is 10. The quantitative estimate of drug-likeness (QED) is 0.283. The van der Waals surface area contributed by atoms with Gasteiger partial charge in [-0.15, -0.1) is 5.73 Å². The molecule has 0 heterocycles. The van der Waals surface area contributed by atoms with Crippen molar-refractivity contribution in [2.45, 2.75) is 13.8 Å². The van der Waals surface area contributed by atoms with Gasteiger partial charge in [-0.2, -0.15) is 4.58 Å². The molecule has 0 amide bonds. The van der Waals surface area contributed by atoms with E-state index in [1.807, 2.05) is 74.7 Å². The van der Waals surface area contributed by atoms with Gasteiger partial charge in [0.15, 0.2) is 6.21 Å². The lowest BCUT2D eigenvalue weighted by atomic mass is 10.3. The van der Waals surface area contributed by atoms with Crippen molar-refractivity contribution in [1.29, 1.82) is 0 Å². The summed E-state index contributed by atoms with van der Waals surface area (Å²) in [6.45, 7) is 7.77. The first-order chi connectivity index (χ1) is 9.33. The molecule has 0 saturated carbocycles. The predicted octanol–water partition coefficient (Wildman–Crippen LogP) is 4.46. The van der Waals surface area contributed by atoms with Crippen LogP contribution < -0.4 is 0 Å². The smallest absolute Gasteiger partial charge is 0.160 e. The molecule has 0 unspecified atom stereocenters. The van der Waals surface area contributed by atoms with E-state index < -0.39 is 0 Å². The third-order valence-corrected chi connectivity index (χ3v) is 2.41. The highest BCUT2D eigenvalue weighted by Gasteiger charge is 2.14. The fourth-order valence-corrected chi connectivity index (χ4v) is 1.60. The molecule has 0 N–H and O–H groups in total. The zero-order valence-electron chi connectivity index (χ0n) is 11.6. The molecule has 0 bridgehead atoms. The number of nitrogens with zero attached hydrogens (tertiary/aromatic N) is 1. The van der Waals surface area contributed by atoms with E-state index in [-0.39, 0.29) is 0 Å². The van der Waals surface area contributed by atoms with E-state index >= 15 is 0 Å². The molecule has 1 heteroatoms. The third kappa shape index (κ3) is 4.79. The number of rotatable bonds is 6. The topological polar surface area (TPSA) is 3.01 Å². The number of hydrogen-bond donors (Lipinski definition) is 0. The van der Waals surface area contributed by atoms with Crippen LogP contribution in [0, 0.1) is 0 Å². The Morgan fingerprint density at radius 1 is 1.21 bits per heavy atom. The van der Waals surface area contributed by atoms with Crippen molar-refractivity contribution >= 4 is 6.21 Å². The van der Waals surface area contributed by atoms with Crippen LogP contribution >= 0.6 is 0 Å². The summed E-state index contributed by atoms with van der Waals surface area (Å²) in [6, 6.07) is 0. The maximum Gasteiger partial charge on any atom is 0.219 e. The Balaban J connectivity index is 3.14. The molecular weight excluding hydrogens is 230 g/mol. The third-order valence-electron chi connectivity index (χ3n) is 2.41. The Hall–Kier alpha value is -2.37. The molecule has 96 valence electrons. The SMILES string of the molecule is C=C/C=C(\C=C/C)[N+](=C/C=C\C=C/C)/C1=CC=C=C1. The standard InChI is InChI=1S/C18H20N/c1-4-7-8-11-16-19(18-14-9-10-15-18)17(12-5-2)13-6-3/h4-9,11-16H,2H2,1,3H3/q+1/b7-4-,11-8-,13-6-,17-12+,19-16-. The maximum atomic E-state index is 3.77. The monoisotopic (exact) mass is 250 g/mol. The van der Waals surface area contributed by atoms with Crippen LogP contribution in [0.15, 0.2) is 90.5 Å². The minimum Gasteiger partial charge on any atom is -0.160 e. The van der Waals surface area contributed by atoms with Crippen molar-refractivity contribution < 1.29 is 4.58 Å². The van der Waals surface area contributed by atoms with Gasteiger partial charge in [-0.25, -0.2) is 0 Å². The Kier molecular flexibility index (Phi) is 6.71. The van der Waals surface area contributed by atoms with Gasteiger partial charge >= 0.3 is 0 Å². The van der Waals surface area contributed by atoms with Crippen molar-refractivity contribution in [3.63, 3.8) is 0 Å². The lowest BCUT2D eigenvalue weighted by molar-refractivity contribution is -0.405. The Morgan fingerprint density at radius 2 is 2.05 bits per heavy atom. The Bertz CT molecular complexity index is 554. The molecule has 19 heavy (non-hydrogen) atoms. The Labute approximate surface area is 116 Å². The van der Waals surface area contributed by atoms with E-state index in [2.05, 4.69) is 23.0 Å². The van der Waals surface area contributed by atoms with E-state index in [0.29, 0.717) is 0 Å². The van der Waals surface area contributed by atoms with Crippen LogP contribution in [0.5, 0.6) is 0 Å². The predicted molar refractivity (Wildman–Crippen MR) is 84.1 cm³/mol. The second kappa shape index (κ2) is 8.68. The van der Waals surface area contributed by atoms with Crippen molar-refractivity contribution in [1.82, 2.24) is 0 Å². The fourth-order valence-electron chi connectivity index (χ4n) is 1.60. The molecule has 0 aromatic heterocycles. The van der Waals surface area contributed by atoms with Gasteiger partial charge < -0.3 is 0 Å². The summed E-state index contributed by atoms with van der Waals surface area (Å²) in [7, 11) is 0. The average molecular weight is 250 g/mol. The first-order valence-electron chi connectivity index (χ1n) is 6.33. The van der Waals surface area contributed by atoms with Gasteiger partial charge in [-0.1, -0.05) is 37.0 Å². The fraction of sp³-hybridized carbons (Fsp3) is 0.111. The molecule has 0 saturated heterocycles. The van der Waals surface area contributed by atoms with E-state index in [1.165, 1.54) is 0 Å². The van der Waals surface area contributed by atoms with Crippen LogP contribution in [0.25, 0.3) is 0 Å². The van der Waals surface area contributed by atoms with Gasteiger partial charge in [0.2, 0.25) is 11.4 Å². The van der Waals surface area contributed by atoms with Gasteiger partial charge in [-0.3, -0.25) is 0 Å².